The summed E-state index contributed by atoms with van der Waals surface area (Å²) in [4.78, 5) is 0. The molecule has 0 saturated carbocycles. The van der Waals surface area contributed by atoms with Crippen molar-refractivity contribution in [2.45, 2.75) is 38.4 Å². The van der Waals surface area contributed by atoms with E-state index in [9.17, 15) is 0 Å². The first-order chi connectivity index (χ1) is 14.9. The molecule has 1 aliphatic rings. The first kappa shape index (κ1) is 22.4. The second kappa shape index (κ2) is 9.00. The third-order valence-electron chi connectivity index (χ3n) is 8.00. The van der Waals surface area contributed by atoms with Crippen molar-refractivity contribution in [1.29, 1.82) is 0 Å². The van der Waals surface area contributed by atoms with Gasteiger partial charge in [0.2, 0.25) is 0 Å². The van der Waals surface area contributed by atoms with Gasteiger partial charge in [-0.2, -0.15) is 0 Å². The van der Waals surface area contributed by atoms with Gasteiger partial charge in [0, 0.05) is 0 Å². The summed E-state index contributed by atoms with van der Waals surface area (Å²) in [5.41, 5.74) is 4.61. The number of hydrogen-bond acceptors (Lipinski definition) is 0. The monoisotopic (exact) mass is 501 g/mol. The zero-order chi connectivity index (χ0) is 21.8. The number of benzene rings is 3. The van der Waals surface area contributed by atoms with Crippen molar-refractivity contribution >= 4 is 5.20 Å². The summed E-state index contributed by atoms with van der Waals surface area (Å²) < 4.78 is 5.69. The van der Waals surface area contributed by atoms with Gasteiger partial charge < -0.3 is 0 Å². The van der Waals surface area contributed by atoms with Crippen molar-refractivity contribution in [2.24, 2.45) is 0 Å². The van der Waals surface area contributed by atoms with Crippen LogP contribution in [0, 0.1) is 0 Å². The van der Waals surface area contributed by atoms with E-state index >= 15 is 0 Å². The topological polar surface area (TPSA) is 0 Å². The minimum atomic E-state index is -3.67. The van der Waals surface area contributed by atoms with Crippen molar-refractivity contribution in [2.75, 3.05) is 0 Å². The van der Waals surface area contributed by atoms with E-state index < -0.39 is 23.1 Å². The van der Waals surface area contributed by atoms with E-state index in [1.54, 1.807) is 0 Å². The van der Waals surface area contributed by atoms with Crippen LogP contribution < -0.4 is 0 Å². The summed E-state index contributed by atoms with van der Waals surface area (Å²) in [6.07, 6.45) is 8.44. The molecule has 0 radical (unpaired) electrons. The molecule has 3 aromatic carbocycles. The van der Waals surface area contributed by atoms with Crippen LogP contribution >= 0.6 is 0 Å². The normalized spacial score (nSPS) is 15.3. The number of hydrogen-bond donors (Lipinski definition) is 0. The van der Waals surface area contributed by atoms with Gasteiger partial charge in [-0.25, -0.2) is 0 Å². The molecule has 0 nitrogen and oxygen atoms in total. The average molecular weight is 503 g/mol. The van der Waals surface area contributed by atoms with Crippen LogP contribution in [0.5, 0.6) is 0 Å². The van der Waals surface area contributed by atoms with Gasteiger partial charge in [0.15, 0.2) is 0 Å². The maximum atomic E-state index is 2.69. The second-order valence-electron chi connectivity index (χ2n) is 10.5. The minimum absolute atomic E-state index is 1.15. The molecule has 0 atom stereocenters. The first-order valence-electron chi connectivity index (χ1n) is 11.6. The van der Waals surface area contributed by atoms with Gasteiger partial charge >= 0.3 is 191 Å². The van der Waals surface area contributed by atoms with Crippen LogP contribution in [0.4, 0.5) is 0 Å². The molecule has 0 saturated heterocycles. The number of rotatable bonds is 8. The van der Waals surface area contributed by atoms with Crippen LogP contribution in [-0.4, -0.2) is 5.20 Å². The van der Waals surface area contributed by atoms with Crippen molar-refractivity contribution in [3.8, 4) is 0 Å². The molecule has 4 rings (SSSR count). The molecular formula is C29H35SiZr. The predicted octanol–water partition coefficient (Wildman–Crippen LogP) is 7.96. The molecule has 0 fully saturated rings. The van der Waals surface area contributed by atoms with Crippen molar-refractivity contribution in [3.63, 3.8) is 0 Å². The molecule has 0 heterocycles. The molecule has 31 heavy (non-hydrogen) atoms. The van der Waals surface area contributed by atoms with Crippen LogP contribution in [0.3, 0.4) is 0 Å². The number of allylic oxidation sites excluding steroid dienone is 4. The average Bonchev–Trinajstić information content (AvgIpc) is 3.31. The molecule has 0 spiro atoms. The summed E-state index contributed by atoms with van der Waals surface area (Å²) in [6, 6.07) is 34.2. The van der Waals surface area contributed by atoms with Crippen LogP contribution in [0.15, 0.2) is 113 Å². The van der Waals surface area contributed by atoms with E-state index in [2.05, 4.69) is 129 Å². The van der Waals surface area contributed by atoms with Crippen LogP contribution in [0.25, 0.3) is 0 Å². The molecule has 0 N–H and O–H groups in total. The van der Waals surface area contributed by atoms with Crippen LogP contribution in [-0.2, 0) is 30.3 Å². The zero-order valence-electron chi connectivity index (χ0n) is 19.2. The Balaban J connectivity index is 2.00. The van der Waals surface area contributed by atoms with Gasteiger partial charge in [-0.05, 0) is 0 Å². The fraction of sp³-hybridized carbons (Fsp3) is 0.241. The maximum absolute atomic E-state index is 3.67. The molecule has 0 unspecified atom stereocenters. The molecule has 0 aliphatic heterocycles. The fourth-order valence-corrected chi connectivity index (χ4v) is 46.6. The molecule has 1 aliphatic carbocycles. The Kier molecular flexibility index (Phi) is 6.52. The Bertz CT molecular complexity index is 956. The predicted molar refractivity (Wildman–Crippen MR) is 136 cm³/mol. The van der Waals surface area contributed by atoms with E-state index in [-0.39, 0.29) is 0 Å². The van der Waals surface area contributed by atoms with Crippen molar-refractivity contribution < 1.29 is 17.9 Å². The van der Waals surface area contributed by atoms with E-state index in [1.807, 2.05) is 3.28 Å². The van der Waals surface area contributed by atoms with Crippen LogP contribution in [0.2, 0.25) is 19.6 Å². The van der Waals surface area contributed by atoms with Crippen molar-refractivity contribution in [1.82, 2.24) is 0 Å². The Morgan fingerprint density at radius 1 is 0.613 bits per heavy atom. The van der Waals surface area contributed by atoms with E-state index in [1.165, 1.54) is 29.1 Å². The zero-order valence-corrected chi connectivity index (χ0v) is 22.7. The summed E-state index contributed by atoms with van der Waals surface area (Å²) >= 11 is -3.67. The Labute approximate surface area is 189 Å². The van der Waals surface area contributed by atoms with Gasteiger partial charge in [-0.1, -0.05) is 0 Å². The Morgan fingerprint density at radius 2 is 1.00 bits per heavy atom. The van der Waals surface area contributed by atoms with Gasteiger partial charge in [-0.3, -0.25) is 0 Å². The summed E-state index contributed by atoms with van der Waals surface area (Å²) in [7, 11) is 0. The first-order valence-corrected chi connectivity index (χ1v) is 25.2. The second-order valence-corrected chi connectivity index (χ2v) is 47.5. The Morgan fingerprint density at radius 3 is 1.29 bits per heavy atom. The Hall–Kier alpha value is -1.76. The molecule has 159 valence electrons. The fourth-order valence-electron chi connectivity index (χ4n) is 6.00. The van der Waals surface area contributed by atoms with Gasteiger partial charge in [0.25, 0.3) is 0 Å². The standard InChI is InChI=1S/3C7H7.C5H5.C3H9Si.Zr/c3*1-7-5-3-2-4-6-7;1-2-4-5-3-1;1-4(2)3;/h3*2-6H,1H2;1-3H,4H2;1-3H3;. The van der Waals surface area contributed by atoms with E-state index in [4.69, 9.17) is 0 Å². The van der Waals surface area contributed by atoms with E-state index in [0.717, 1.165) is 6.42 Å². The molecule has 2 heteroatoms. The summed E-state index contributed by atoms with van der Waals surface area (Å²) in [5.74, 6) is 0. The molecule has 0 amide bonds. The van der Waals surface area contributed by atoms with Gasteiger partial charge in [0.05, 0.1) is 0 Å². The third kappa shape index (κ3) is 4.30. The summed E-state index contributed by atoms with van der Waals surface area (Å²) in [6.45, 7) is 8.06. The quantitative estimate of drug-likeness (QED) is 0.274. The molecular weight excluding hydrogens is 468 g/mol. The third-order valence-corrected chi connectivity index (χ3v) is 60.3. The molecule has 0 bridgehead atoms. The molecule has 3 aromatic rings. The summed E-state index contributed by atoms with van der Waals surface area (Å²) in [5, 5.41) is -1.60. The van der Waals surface area contributed by atoms with Crippen LogP contribution in [0.1, 0.15) is 23.1 Å². The SMILES string of the molecule is C[Si](C)(C)[Zr]([CH2]c1ccccc1)([CH2]c1ccccc1)([CH2]c1ccccc1)[C]1=CC=CC1. The van der Waals surface area contributed by atoms with Crippen molar-refractivity contribution in [3.05, 3.63) is 129 Å². The van der Waals surface area contributed by atoms with Gasteiger partial charge in [-0.15, -0.1) is 0 Å². The van der Waals surface area contributed by atoms with Gasteiger partial charge in [0.1, 0.15) is 0 Å². The van der Waals surface area contributed by atoms with E-state index in [0.29, 0.717) is 0 Å². The molecule has 0 aromatic heterocycles.